The number of aliphatic carboxylic acids is 2. The van der Waals surface area contributed by atoms with Crippen molar-refractivity contribution < 1.29 is 29.4 Å². The summed E-state index contributed by atoms with van der Waals surface area (Å²) in [6.07, 6.45) is 4.88. The molecule has 2 aromatic carbocycles. The molecule has 19 heteroatoms. The maximum absolute atomic E-state index is 13.5. The van der Waals surface area contributed by atoms with Crippen LogP contribution in [0.1, 0.15) is 140 Å². The molecule has 3 N–H and O–H groups in total. The number of amides is 1. The van der Waals surface area contributed by atoms with Gasteiger partial charge in [0.25, 0.3) is 5.91 Å². The molecule has 2 fully saturated rings. The second kappa shape index (κ2) is 27.1. The van der Waals surface area contributed by atoms with Crippen molar-refractivity contribution in [2.24, 2.45) is 0 Å². The number of Topliss-reactive ketones (excluding diaryl/α,β-unsaturated/α-hetero) is 1. The molecule has 0 unspecified atom stereocenters. The molecule has 338 valence electrons. The number of nitrogens with zero attached hydrogens (tertiary/aromatic N) is 6. The Hall–Kier alpha value is -3.04. The summed E-state index contributed by atoms with van der Waals surface area (Å²) in [7, 11) is 0. The van der Waals surface area contributed by atoms with Crippen LogP contribution in [-0.2, 0) is 16.0 Å². The van der Waals surface area contributed by atoms with Gasteiger partial charge in [-0.2, -0.15) is 54.0 Å². The summed E-state index contributed by atoms with van der Waals surface area (Å²) in [6.45, 7) is 9.04. The first-order chi connectivity index (χ1) is 24.9. The minimum atomic E-state index is -0.848. The normalized spacial score (nSPS) is 16.9. The van der Waals surface area contributed by atoms with Crippen molar-refractivity contribution in [1.29, 1.82) is 0 Å². The molecular weight excluding hydrogens is 879 g/mol. The number of anilines is 1. The van der Waals surface area contributed by atoms with E-state index in [1.54, 1.807) is 0 Å². The number of carboxylic acid groups (broad SMARTS) is 2. The Kier molecular flexibility index (Phi) is 27.7. The van der Waals surface area contributed by atoms with Gasteiger partial charge in [0.2, 0.25) is 5.01 Å². The highest BCUT2D eigenvalue weighted by atomic mass is 32.1. The molecule has 2 saturated heterocycles. The number of aromatic nitrogens is 4. The summed E-state index contributed by atoms with van der Waals surface area (Å²) in [6, 6.07) is 9.79. The van der Waals surface area contributed by atoms with Crippen molar-refractivity contribution in [2.45, 2.75) is 127 Å². The summed E-state index contributed by atoms with van der Waals surface area (Å²) in [5, 5.41) is 41.0. The van der Waals surface area contributed by atoms with E-state index in [0.29, 0.717) is 46.6 Å². The smallest absolute Gasteiger partial charge is 0.320 e. The van der Waals surface area contributed by atoms with E-state index in [-0.39, 0.29) is 113 Å². The Labute approximate surface area is 392 Å². The highest BCUT2D eigenvalue weighted by Crippen LogP contribution is 2.35. The van der Waals surface area contributed by atoms with E-state index in [9.17, 15) is 29.4 Å². The lowest BCUT2D eigenvalue weighted by atomic mass is 9.91. The summed E-state index contributed by atoms with van der Waals surface area (Å²) in [4.78, 5) is 54.4. The molecule has 4 atom stereocenters. The number of nitrogens with one attached hydrogen (secondary N) is 1. The van der Waals surface area contributed by atoms with Crippen LogP contribution in [0.15, 0.2) is 36.4 Å². The maximum atomic E-state index is 13.5. The van der Waals surface area contributed by atoms with E-state index in [1.165, 1.54) is 22.7 Å². The van der Waals surface area contributed by atoms with Gasteiger partial charge in [0.15, 0.2) is 10.8 Å². The molecule has 0 saturated carbocycles. The molecule has 4 heterocycles. The maximum Gasteiger partial charge on any atom is 0.320 e. The molecule has 13 nitrogen and oxygen atoms in total. The molecule has 60 heavy (non-hydrogen) atoms. The van der Waals surface area contributed by atoms with Crippen LogP contribution in [0.4, 0.5) is 5.69 Å². The third-order valence-electron chi connectivity index (χ3n) is 10.4. The zero-order valence-corrected chi connectivity index (χ0v) is 37.3. The van der Waals surface area contributed by atoms with E-state index >= 15 is 0 Å². The van der Waals surface area contributed by atoms with Crippen molar-refractivity contribution in [1.82, 2.24) is 30.2 Å². The lowest BCUT2D eigenvalue weighted by molar-refractivity contribution is -0.146. The molecule has 4 aromatic rings. The second-order valence-electron chi connectivity index (χ2n) is 13.5. The van der Waals surface area contributed by atoms with Gasteiger partial charge in [0, 0.05) is 12.1 Å². The van der Waals surface area contributed by atoms with Gasteiger partial charge in [-0.25, -0.2) is 0 Å². The Morgan fingerprint density at radius 1 is 0.683 bits per heavy atom. The van der Waals surface area contributed by atoms with Gasteiger partial charge in [0.1, 0.15) is 22.1 Å². The monoisotopic (exact) mass is 945 g/mol. The molecule has 0 spiro atoms. The topological polar surface area (TPSA) is 179 Å². The van der Waals surface area contributed by atoms with Crippen LogP contribution < -0.4 is 5.32 Å². The largest absolute Gasteiger partial charge is 0.480 e. The SMILES string of the molecule is C.C.C.C.Cc1c(CC(=O)c2nnc([C@H](C)N3CCCC[C@H]3C(=O)O)s2)cccc1-c1cccc(NC(=O)c2nnc([C@H](C)N3CCCC[C@H]3C(=O)O)s2)c1C.S.S.S.S. The number of hydrogen-bond acceptors (Lipinski definition) is 12. The quantitative estimate of drug-likeness (QED) is 0.115. The van der Waals surface area contributed by atoms with Crippen molar-refractivity contribution >= 4 is 106 Å². The lowest BCUT2D eigenvalue weighted by Gasteiger charge is -2.36. The first-order valence-corrected chi connectivity index (χ1v) is 19.2. The van der Waals surface area contributed by atoms with E-state index in [4.69, 9.17) is 0 Å². The number of piperidine rings is 2. The van der Waals surface area contributed by atoms with E-state index in [2.05, 4.69) is 25.7 Å². The number of likely N-dealkylation sites (tertiary alicyclic amines) is 2. The third kappa shape index (κ3) is 13.5. The van der Waals surface area contributed by atoms with E-state index in [1.807, 2.05) is 73.9 Å². The van der Waals surface area contributed by atoms with Gasteiger partial charge in [-0.3, -0.25) is 29.0 Å². The molecule has 6 rings (SSSR count). The number of carbonyl (C=O) groups excluding carboxylic acids is 2. The Bertz CT molecular complexity index is 1860. The minimum Gasteiger partial charge on any atom is -0.480 e. The van der Waals surface area contributed by atoms with Gasteiger partial charge in [-0.15, -0.1) is 20.4 Å². The molecule has 0 radical (unpaired) electrons. The van der Waals surface area contributed by atoms with Crippen LogP contribution in [0.5, 0.6) is 0 Å². The summed E-state index contributed by atoms with van der Waals surface area (Å²) < 4.78 is 0. The number of carbonyl (C=O) groups is 4. The van der Waals surface area contributed by atoms with Gasteiger partial charge in [0.05, 0.1) is 12.1 Å². The molecule has 0 aliphatic carbocycles. The fraction of sp³-hybridized carbons (Fsp3) is 0.512. The standard InChI is InChI=1S/C37H43N7O6S2.4CH4.4H2S/c1-20-24(19-30(45)34-41-39-32(51-34)22(3)43-17-7-5-15-28(43)36(47)48)11-9-12-25(20)26-13-10-14-27(21(26)2)38-31(46)35-42-40-33(52-35)23(4)44-18-8-6-16-29(44)37(49)50;;;;;;;;/h9-14,22-23,28-29H,5-8,15-19H2,1-4H3,(H,38,46)(H,47,48)(H,49,50);4*1H4;4*1H2/t22-,23-,28-,29-;;;;;;;;/m0......../s1. The molecule has 2 aromatic heterocycles. The van der Waals surface area contributed by atoms with Gasteiger partial charge < -0.3 is 15.5 Å². The predicted octanol–water partition coefficient (Wildman–Crippen LogP) is 9.35. The van der Waals surface area contributed by atoms with Crippen LogP contribution in [0.2, 0.25) is 0 Å². The highest BCUT2D eigenvalue weighted by Gasteiger charge is 2.35. The van der Waals surface area contributed by atoms with E-state index in [0.717, 1.165) is 53.5 Å². The summed E-state index contributed by atoms with van der Waals surface area (Å²) >= 11 is 2.39. The Balaban J connectivity index is -0.00000406. The van der Waals surface area contributed by atoms with Gasteiger partial charge >= 0.3 is 11.9 Å². The molecule has 2 aliphatic heterocycles. The Morgan fingerprint density at radius 2 is 1.13 bits per heavy atom. The average Bonchev–Trinajstić information content (AvgIpc) is 3.85. The molecular formula is C41H67N7O6S6. The zero-order chi connectivity index (χ0) is 37.1. The minimum absolute atomic E-state index is 0. The number of benzene rings is 2. The zero-order valence-electron chi connectivity index (χ0n) is 31.7. The fourth-order valence-electron chi connectivity index (χ4n) is 7.31. The van der Waals surface area contributed by atoms with Gasteiger partial charge in [-0.05, 0) is 100 Å². The Morgan fingerprint density at radius 3 is 1.63 bits per heavy atom. The van der Waals surface area contributed by atoms with Crippen LogP contribution >= 0.6 is 76.7 Å². The summed E-state index contributed by atoms with van der Waals surface area (Å²) in [5.74, 6) is -2.25. The van der Waals surface area contributed by atoms with Crippen molar-refractivity contribution in [3.05, 3.63) is 73.1 Å². The number of rotatable bonds is 12. The lowest BCUT2D eigenvalue weighted by Crippen LogP contribution is -2.45. The molecule has 1 amide bonds. The second-order valence-corrected chi connectivity index (χ2v) is 15.6. The van der Waals surface area contributed by atoms with Crippen molar-refractivity contribution in [3.8, 4) is 11.1 Å². The van der Waals surface area contributed by atoms with E-state index < -0.39 is 29.9 Å². The average molecular weight is 946 g/mol. The summed E-state index contributed by atoms with van der Waals surface area (Å²) in [5.41, 5.74) is 5.07. The van der Waals surface area contributed by atoms with Crippen LogP contribution in [0.3, 0.4) is 0 Å². The van der Waals surface area contributed by atoms with Crippen LogP contribution in [0.25, 0.3) is 11.1 Å². The first-order valence-electron chi connectivity index (χ1n) is 17.6. The van der Waals surface area contributed by atoms with Crippen LogP contribution in [-0.4, -0.2) is 89.2 Å². The first kappa shape index (κ1) is 61.3. The molecule has 2 aliphatic rings. The molecule has 0 bridgehead atoms. The predicted molar refractivity (Wildman–Crippen MR) is 266 cm³/mol. The fourth-order valence-corrected chi connectivity index (χ4v) is 8.98. The number of hydrogen-bond donors (Lipinski definition) is 3. The van der Waals surface area contributed by atoms with Crippen molar-refractivity contribution in [3.63, 3.8) is 0 Å². The number of carboxylic acids is 2. The highest BCUT2D eigenvalue weighted by molar-refractivity contribution is 7.59. The number of ketones is 1. The third-order valence-corrected chi connectivity index (χ3v) is 12.6. The van der Waals surface area contributed by atoms with Crippen molar-refractivity contribution in [2.75, 3.05) is 18.4 Å². The van der Waals surface area contributed by atoms with Crippen LogP contribution in [0, 0.1) is 13.8 Å². The van der Waals surface area contributed by atoms with Gasteiger partial charge in [-0.1, -0.05) is 95.6 Å².